The fourth-order valence-electron chi connectivity index (χ4n) is 0.801. The standard InChI is InChI=1S/C7H9BrN2O2S/c8-6-1-2-7(10-5-6)3-4-13(9,11)12/h1-2,5H,3-4H2,(H2,9,11,12). The van der Waals surface area contributed by atoms with Crippen LogP contribution in [0.3, 0.4) is 0 Å². The molecule has 0 saturated carbocycles. The summed E-state index contributed by atoms with van der Waals surface area (Å²) in [5.74, 6) is -0.0678. The van der Waals surface area contributed by atoms with Gasteiger partial charge in [0, 0.05) is 22.8 Å². The molecule has 1 aromatic rings. The number of pyridine rings is 1. The Morgan fingerprint density at radius 3 is 2.62 bits per heavy atom. The first-order chi connectivity index (χ1) is 5.97. The molecule has 0 spiro atoms. The molecule has 0 aliphatic rings. The zero-order valence-electron chi connectivity index (χ0n) is 6.77. The maximum Gasteiger partial charge on any atom is 0.209 e. The summed E-state index contributed by atoms with van der Waals surface area (Å²) in [5, 5.41) is 4.85. The number of nitrogens with two attached hydrogens (primary N) is 1. The van der Waals surface area contributed by atoms with Crippen LogP contribution in [0, 0.1) is 0 Å². The minimum Gasteiger partial charge on any atom is -0.260 e. The monoisotopic (exact) mass is 264 g/mol. The second-order valence-corrected chi connectivity index (χ2v) is 5.23. The summed E-state index contributed by atoms with van der Waals surface area (Å²) >= 11 is 3.23. The molecule has 0 bridgehead atoms. The quantitative estimate of drug-likeness (QED) is 0.873. The van der Waals surface area contributed by atoms with Crippen molar-refractivity contribution in [3.63, 3.8) is 0 Å². The van der Waals surface area contributed by atoms with Crippen LogP contribution in [0.25, 0.3) is 0 Å². The van der Waals surface area contributed by atoms with Crippen molar-refractivity contribution in [1.82, 2.24) is 4.98 Å². The summed E-state index contributed by atoms with van der Waals surface area (Å²) in [6.07, 6.45) is 1.98. The van der Waals surface area contributed by atoms with Crippen LogP contribution in [-0.4, -0.2) is 19.2 Å². The Hall–Kier alpha value is -0.460. The van der Waals surface area contributed by atoms with Crippen LogP contribution < -0.4 is 5.14 Å². The lowest BCUT2D eigenvalue weighted by molar-refractivity contribution is 0.596. The van der Waals surface area contributed by atoms with Crippen LogP contribution in [0.5, 0.6) is 0 Å². The number of aromatic nitrogens is 1. The van der Waals surface area contributed by atoms with Gasteiger partial charge in [0.1, 0.15) is 0 Å². The summed E-state index contributed by atoms with van der Waals surface area (Å²) in [6.45, 7) is 0. The van der Waals surface area contributed by atoms with Crippen LogP contribution in [0.1, 0.15) is 5.69 Å². The average Bonchev–Trinajstić information content (AvgIpc) is 2.02. The smallest absolute Gasteiger partial charge is 0.209 e. The van der Waals surface area contributed by atoms with E-state index < -0.39 is 10.0 Å². The molecule has 6 heteroatoms. The number of nitrogens with zero attached hydrogens (tertiary/aromatic N) is 1. The highest BCUT2D eigenvalue weighted by Gasteiger charge is 2.03. The number of halogens is 1. The van der Waals surface area contributed by atoms with Crippen molar-refractivity contribution < 1.29 is 8.42 Å². The van der Waals surface area contributed by atoms with Crippen molar-refractivity contribution in [2.45, 2.75) is 6.42 Å². The summed E-state index contributed by atoms with van der Waals surface area (Å²) in [7, 11) is -3.38. The molecule has 13 heavy (non-hydrogen) atoms. The third kappa shape index (κ3) is 4.35. The first kappa shape index (κ1) is 10.6. The Kier molecular flexibility index (Phi) is 3.40. The molecule has 0 fully saturated rings. The Balaban J connectivity index is 2.61. The third-order valence-corrected chi connectivity index (χ3v) is 2.67. The van der Waals surface area contributed by atoms with Gasteiger partial charge in [-0.05, 0) is 28.1 Å². The molecule has 0 unspecified atom stereocenters. The number of aryl methyl sites for hydroxylation is 1. The van der Waals surface area contributed by atoms with Crippen molar-refractivity contribution in [3.8, 4) is 0 Å². The highest BCUT2D eigenvalue weighted by Crippen LogP contribution is 2.07. The van der Waals surface area contributed by atoms with E-state index in [-0.39, 0.29) is 5.75 Å². The van der Waals surface area contributed by atoms with Gasteiger partial charge in [-0.15, -0.1) is 0 Å². The van der Waals surface area contributed by atoms with E-state index in [1.807, 2.05) is 6.07 Å². The van der Waals surface area contributed by atoms with Gasteiger partial charge < -0.3 is 0 Å². The summed E-state index contributed by atoms with van der Waals surface area (Å²) in [5.41, 5.74) is 0.720. The first-order valence-corrected chi connectivity index (χ1v) is 6.09. The zero-order chi connectivity index (χ0) is 9.90. The highest BCUT2D eigenvalue weighted by molar-refractivity contribution is 9.10. The third-order valence-electron chi connectivity index (χ3n) is 1.43. The minimum atomic E-state index is -3.38. The second-order valence-electron chi connectivity index (χ2n) is 2.58. The predicted octanol–water partition coefficient (Wildman–Crippen LogP) is 0.675. The van der Waals surface area contributed by atoms with E-state index in [4.69, 9.17) is 5.14 Å². The van der Waals surface area contributed by atoms with Crippen molar-refractivity contribution in [3.05, 3.63) is 28.5 Å². The zero-order valence-corrected chi connectivity index (χ0v) is 9.18. The normalized spacial score (nSPS) is 11.5. The molecule has 72 valence electrons. The van der Waals surface area contributed by atoms with E-state index in [0.29, 0.717) is 6.42 Å². The SMILES string of the molecule is NS(=O)(=O)CCc1ccc(Br)cn1. The summed E-state index contributed by atoms with van der Waals surface area (Å²) in [6, 6.07) is 3.57. The molecule has 0 atom stereocenters. The molecule has 1 heterocycles. The molecule has 4 nitrogen and oxygen atoms in total. The van der Waals surface area contributed by atoms with Gasteiger partial charge >= 0.3 is 0 Å². The fraction of sp³-hybridized carbons (Fsp3) is 0.286. The molecule has 0 aliphatic heterocycles. The topological polar surface area (TPSA) is 73.1 Å². The van der Waals surface area contributed by atoms with Crippen LogP contribution in [0.4, 0.5) is 0 Å². The Bertz CT molecular complexity index is 374. The Labute approximate surface area is 85.3 Å². The molecule has 0 amide bonds. The van der Waals surface area contributed by atoms with Gasteiger partial charge in [-0.2, -0.15) is 0 Å². The molecule has 1 rings (SSSR count). The van der Waals surface area contributed by atoms with Crippen LogP contribution in [-0.2, 0) is 16.4 Å². The van der Waals surface area contributed by atoms with Gasteiger partial charge in [0.2, 0.25) is 10.0 Å². The van der Waals surface area contributed by atoms with Crippen molar-refractivity contribution in [2.24, 2.45) is 5.14 Å². The van der Waals surface area contributed by atoms with E-state index >= 15 is 0 Å². The molecule has 0 radical (unpaired) electrons. The lowest BCUT2D eigenvalue weighted by Gasteiger charge is -1.98. The molecule has 0 saturated heterocycles. The minimum absolute atomic E-state index is 0.0678. The number of rotatable bonds is 3. The lowest BCUT2D eigenvalue weighted by Crippen LogP contribution is -2.18. The number of primary sulfonamides is 1. The molecule has 1 aromatic heterocycles. The van der Waals surface area contributed by atoms with Gasteiger partial charge in [0.05, 0.1) is 5.75 Å². The molecule has 0 aromatic carbocycles. The molecule has 2 N–H and O–H groups in total. The molecule has 0 aliphatic carbocycles. The lowest BCUT2D eigenvalue weighted by atomic mass is 10.3. The first-order valence-electron chi connectivity index (χ1n) is 3.58. The largest absolute Gasteiger partial charge is 0.260 e. The van der Waals surface area contributed by atoms with Crippen molar-refractivity contribution in [2.75, 3.05) is 5.75 Å². The predicted molar refractivity (Wildman–Crippen MR) is 53.6 cm³/mol. The van der Waals surface area contributed by atoms with Gasteiger partial charge in [-0.3, -0.25) is 4.98 Å². The van der Waals surface area contributed by atoms with Crippen LogP contribution >= 0.6 is 15.9 Å². The Morgan fingerprint density at radius 1 is 1.46 bits per heavy atom. The Morgan fingerprint density at radius 2 is 2.15 bits per heavy atom. The van der Waals surface area contributed by atoms with Crippen molar-refractivity contribution >= 4 is 26.0 Å². The van der Waals surface area contributed by atoms with Gasteiger partial charge in [-0.1, -0.05) is 0 Å². The van der Waals surface area contributed by atoms with Gasteiger partial charge in [-0.25, -0.2) is 13.6 Å². The van der Waals surface area contributed by atoms with Gasteiger partial charge in [0.15, 0.2) is 0 Å². The average molecular weight is 265 g/mol. The van der Waals surface area contributed by atoms with E-state index in [9.17, 15) is 8.42 Å². The maximum atomic E-state index is 10.6. The van der Waals surface area contributed by atoms with E-state index in [1.54, 1.807) is 12.3 Å². The second kappa shape index (κ2) is 4.17. The summed E-state index contributed by atoms with van der Waals surface area (Å²) < 4.78 is 22.1. The summed E-state index contributed by atoms with van der Waals surface area (Å²) in [4.78, 5) is 4.01. The number of hydrogen-bond acceptors (Lipinski definition) is 3. The van der Waals surface area contributed by atoms with Crippen LogP contribution in [0.15, 0.2) is 22.8 Å². The molecular weight excluding hydrogens is 256 g/mol. The van der Waals surface area contributed by atoms with E-state index in [0.717, 1.165) is 10.2 Å². The maximum absolute atomic E-state index is 10.6. The van der Waals surface area contributed by atoms with E-state index in [2.05, 4.69) is 20.9 Å². The van der Waals surface area contributed by atoms with Gasteiger partial charge in [0.25, 0.3) is 0 Å². The van der Waals surface area contributed by atoms with Crippen molar-refractivity contribution in [1.29, 1.82) is 0 Å². The molecular formula is C7H9BrN2O2S. The highest BCUT2D eigenvalue weighted by atomic mass is 79.9. The van der Waals surface area contributed by atoms with Crippen LogP contribution in [0.2, 0.25) is 0 Å². The fourth-order valence-corrected chi connectivity index (χ4v) is 1.53. The number of sulfonamides is 1. The van der Waals surface area contributed by atoms with E-state index in [1.165, 1.54) is 0 Å². The number of hydrogen-bond donors (Lipinski definition) is 1.